The van der Waals surface area contributed by atoms with Crippen LogP contribution < -0.4 is 5.73 Å². The van der Waals surface area contributed by atoms with Gasteiger partial charge in [-0.3, -0.25) is 4.79 Å². The van der Waals surface area contributed by atoms with E-state index >= 15 is 0 Å². The van der Waals surface area contributed by atoms with Gasteiger partial charge in [-0.1, -0.05) is 19.1 Å². The van der Waals surface area contributed by atoms with Crippen molar-refractivity contribution in [2.45, 2.75) is 25.8 Å². The molecule has 1 unspecified atom stereocenters. The first-order valence-electron chi connectivity index (χ1n) is 4.33. The lowest BCUT2D eigenvalue weighted by molar-refractivity contribution is -0.127. The van der Waals surface area contributed by atoms with Crippen LogP contribution in [0.4, 0.5) is 0 Å². The third-order valence-corrected chi connectivity index (χ3v) is 2.70. The van der Waals surface area contributed by atoms with Crippen molar-refractivity contribution in [3.63, 3.8) is 0 Å². The zero-order valence-corrected chi connectivity index (χ0v) is 8.73. The van der Waals surface area contributed by atoms with Crippen molar-refractivity contribution in [1.82, 2.24) is 4.90 Å². The second-order valence-corrected chi connectivity index (χ2v) is 3.69. The van der Waals surface area contributed by atoms with Crippen LogP contribution in [-0.2, 0) is 4.79 Å². The van der Waals surface area contributed by atoms with Gasteiger partial charge in [-0.25, -0.2) is 0 Å². The van der Waals surface area contributed by atoms with Crippen LogP contribution in [0.25, 0.3) is 0 Å². The molecule has 0 bridgehead atoms. The van der Waals surface area contributed by atoms with Gasteiger partial charge in [-0.05, 0) is 18.4 Å². The molecule has 0 aromatic carbocycles. The van der Waals surface area contributed by atoms with E-state index in [-0.39, 0.29) is 11.9 Å². The molecule has 1 heterocycles. The number of hydrogen-bond donors (Lipinski definition) is 1. The maximum atomic E-state index is 11.4. The zero-order chi connectivity index (χ0) is 10.0. The topological polar surface area (TPSA) is 46.3 Å². The fourth-order valence-corrected chi connectivity index (χ4v) is 1.61. The number of thiocarbonyl (C=S) groups is 1. The first-order valence-corrected chi connectivity index (χ1v) is 4.74. The summed E-state index contributed by atoms with van der Waals surface area (Å²) in [4.78, 5) is 13.5. The molecule has 2 N–H and O–H groups in total. The molecular formula is C9H14N2OS. The first-order chi connectivity index (χ1) is 6.06. The van der Waals surface area contributed by atoms with Gasteiger partial charge in [0, 0.05) is 19.2 Å². The van der Waals surface area contributed by atoms with E-state index in [1.165, 1.54) is 6.08 Å². The predicted molar refractivity (Wildman–Crippen MR) is 56.3 cm³/mol. The van der Waals surface area contributed by atoms with E-state index in [4.69, 9.17) is 18.0 Å². The maximum Gasteiger partial charge on any atom is 0.246 e. The zero-order valence-electron chi connectivity index (χ0n) is 7.91. The van der Waals surface area contributed by atoms with Crippen molar-refractivity contribution < 1.29 is 4.79 Å². The molecule has 1 aliphatic heterocycles. The lowest BCUT2D eigenvalue weighted by Crippen LogP contribution is -2.40. The number of likely N-dealkylation sites (N-methyl/N-ethyl adjacent to an activating group) is 1. The van der Waals surface area contributed by atoms with Crippen LogP contribution in [0.5, 0.6) is 0 Å². The standard InChI is InChI=1S/C9H14N2OS/c1-3-7-4-6(9(10)13)5-8(12)11(7)2/h5,7H,3-4H2,1-2H3,(H2,10,13). The van der Waals surface area contributed by atoms with Crippen LogP contribution in [0.15, 0.2) is 11.6 Å². The van der Waals surface area contributed by atoms with E-state index in [9.17, 15) is 4.79 Å². The molecule has 0 radical (unpaired) electrons. The highest BCUT2D eigenvalue weighted by molar-refractivity contribution is 7.80. The second-order valence-electron chi connectivity index (χ2n) is 3.25. The Morgan fingerprint density at radius 1 is 1.85 bits per heavy atom. The van der Waals surface area contributed by atoms with Crippen LogP contribution in [0.2, 0.25) is 0 Å². The molecule has 13 heavy (non-hydrogen) atoms. The fraction of sp³-hybridized carbons (Fsp3) is 0.556. The molecule has 0 saturated carbocycles. The monoisotopic (exact) mass is 198 g/mol. The summed E-state index contributed by atoms with van der Waals surface area (Å²) in [5, 5.41) is 0. The number of hydrogen-bond acceptors (Lipinski definition) is 2. The summed E-state index contributed by atoms with van der Waals surface area (Å²) in [5.74, 6) is 0.000833. The molecule has 1 atom stereocenters. The normalized spacial score (nSPS) is 22.9. The predicted octanol–water partition coefficient (Wildman–Crippen LogP) is 0.840. The molecule has 3 nitrogen and oxygen atoms in total. The maximum absolute atomic E-state index is 11.4. The summed E-state index contributed by atoms with van der Waals surface area (Å²) in [7, 11) is 1.81. The van der Waals surface area contributed by atoms with E-state index in [1.54, 1.807) is 4.90 Å². The van der Waals surface area contributed by atoms with Gasteiger partial charge in [-0.2, -0.15) is 0 Å². The van der Waals surface area contributed by atoms with Crippen molar-refractivity contribution in [2.24, 2.45) is 5.73 Å². The van der Waals surface area contributed by atoms with Crippen molar-refractivity contribution >= 4 is 23.1 Å². The summed E-state index contributed by atoms with van der Waals surface area (Å²) in [6.07, 6.45) is 3.25. The molecule has 0 spiro atoms. The van der Waals surface area contributed by atoms with E-state index in [2.05, 4.69) is 6.92 Å². The summed E-state index contributed by atoms with van der Waals surface area (Å²) in [6.45, 7) is 2.05. The molecule has 0 fully saturated rings. The minimum atomic E-state index is 0.000833. The SMILES string of the molecule is CCC1CC(C(N)=S)=CC(=O)N1C. The van der Waals surface area contributed by atoms with E-state index in [0.717, 1.165) is 18.4 Å². The summed E-state index contributed by atoms with van der Waals surface area (Å²) >= 11 is 4.85. The van der Waals surface area contributed by atoms with Crippen LogP contribution >= 0.6 is 12.2 Å². The third kappa shape index (κ3) is 2.06. The molecule has 0 aromatic rings. The molecule has 4 heteroatoms. The quantitative estimate of drug-likeness (QED) is 0.669. The van der Waals surface area contributed by atoms with Crippen LogP contribution in [0, 0.1) is 0 Å². The van der Waals surface area contributed by atoms with Crippen molar-refractivity contribution in [3.05, 3.63) is 11.6 Å². The van der Waals surface area contributed by atoms with Gasteiger partial charge in [0.15, 0.2) is 0 Å². The summed E-state index contributed by atoms with van der Waals surface area (Å²) < 4.78 is 0. The molecule has 0 saturated heterocycles. The Morgan fingerprint density at radius 2 is 2.46 bits per heavy atom. The Labute approximate surface area is 83.6 Å². The largest absolute Gasteiger partial charge is 0.390 e. The van der Waals surface area contributed by atoms with Gasteiger partial charge in [0.25, 0.3) is 0 Å². The molecule has 0 aliphatic carbocycles. The van der Waals surface area contributed by atoms with E-state index in [0.29, 0.717) is 4.99 Å². The number of nitrogens with two attached hydrogens (primary N) is 1. The number of carbonyl (C=O) groups excluding carboxylic acids is 1. The first kappa shape index (κ1) is 10.2. The van der Waals surface area contributed by atoms with Gasteiger partial charge in [-0.15, -0.1) is 0 Å². The highest BCUT2D eigenvalue weighted by atomic mass is 32.1. The van der Waals surface area contributed by atoms with E-state index < -0.39 is 0 Å². The minimum Gasteiger partial charge on any atom is -0.390 e. The molecule has 1 aliphatic rings. The van der Waals surface area contributed by atoms with Gasteiger partial charge < -0.3 is 10.6 Å². The number of carbonyl (C=O) groups is 1. The summed E-state index contributed by atoms with van der Waals surface area (Å²) in [6, 6.07) is 0.244. The second kappa shape index (κ2) is 3.87. The van der Waals surface area contributed by atoms with Crippen molar-refractivity contribution in [1.29, 1.82) is 0 Å². The molecule has 0 aromatic heterocycles. The molecular weight excluding hydrogens is 184 g/mol. The Balaban J connectivity index is 2.88. The Hall–Kier alpha value is -0.900. The number of nitrogens with zero attached hydrogens (tertiary/aromatic N) is 1. The third-order valence-electron chi connectivity index (χ3n) is 2.44. The van der Waals surface area contributed by atoms with Crippen LogP contribution in [-0.4, -0.2) is 28.9 Å². The van der Waals surface area contributed by atoms with Gasteiger partial charge in [0.05, 0.1) is 4.99 Å². The molecule has 1 amide bonds. The average Bonchev–Trinajstić information content (AvgIpc) is 2.09. The van der Waals surface area contributed by atoms with Gasteiger partial charge in [0.2, 0.25) is 5.91 Å². The molecule has 72 valence electrons. The van der Waals surface area contributed by atoms with Gasteiger partial charge >= 0.3 is 0 Å². The Bertz CT molecular complexity index is 273. The highest BCUT2D eigenvalue weighted by Gasteiger charge is 2.24. The lowest BCUT2D eigenvalue weighted by atomic mass is 9.98. The highest BCUT2D eigenvalue weighted by Crippen LogP contribution is 2.19. The van der Waals surface area contributed by atoms with Crippen LogP contribution in [0.3, 0.4) is 0 Å². The Kier molecular flexibility index (Phi) is 3.03. The van der Waals surface area contributed by atoms with Crippen molar-refractivity contribution in [2.75, 3.05) is 7.05 Å². The summed E-state index contributed by atoms with van der Waals surface area (Å²) in [5.41, 5.74) is 6.29. The number of amides is 1. The average molecular weight is 198 g/mol. The smallest absolute Gasteiger partial charge is 0.246 e. The fourth-order valence-electron chi connectivity index (χ4n) is 1.47. The van der Waals surface area contributed by atoms with Gasteiger partial charge in [0.1, 0.15) is 0 Å². The molecule has 1 rings (SSSR count). The Morgan fingerprint density at radius 3 is 2.92 bits per heavy atom. The number of rotatable bonds is 2. The minimum absolute atomic E-state index is 0.000833. The van der Waals surface area contributed by atoms with E-state index in [1.807, 2.05) is 7.05 Å². The van der Waals surface area contributed by atoms with Crippen LogP contribution in [0.1, 0.15) is 19.8 Å². The lowest BCUT2D eigenvalue weighted by Gasteiger charge is -2.31. The van der Waals surface area contributed by atoms with Crippen molar-refractivity contribution in [3.8, 4) is 0 Å².